The average Bonchev–Trinajstić information content (AvgIpc) is 3.13. The molecule has 12 nitrogen and oxygen atoms in total. The number of benzene rings is 2. The summed E-state index contributed by atoms with van der Waals surface area (Å²) < 4.78 is 27.9. The molecule has 5 heterocycles. The smallest absolute Gasteiger partial charge is 0.332 e. The molecule has 3 aliphatic heterocycles. The molecule has 14 heteroatoms. The number of fused-ring (bicyclic) bond motifs is 1. The van der Waals surface area contributed by atoms with Gasteiger partial charge in [-0.05, 0) is 69.0 Å². The lowest BCUT2D eigenvalue weighted by Gasteiger charge is -2.38. The Kier molecular flexibility index (Phi) is 11.0. The zero-order valence-electron chi connectivity index (χ0n) is 28.2. The van der Waals surface area contributed by atoms with Crippen molar-refractivity contribution in [2.24, 2.45) is 5.92 Å². The van der Waals surface area contributed by atoms with Crippen LogP contribution in [-0.4, -0.2) is 107 Å². The quantitative estimate of drug-likeness (QED) is 0.240. The summed E-state index contributed by atoms with van der Waals surface area (Å²) in [5.74, 6) is 1.32. The van der Waals surface area contributed by atoms with Gasteiger partial charge in [0.2, 0.25) is 0 Å². The normalized spacial score (nSPS) is 18.5. The number of hydrogen-bond acceptors (Lipinski definition) is 10. The summed E-state index contributed by atoms with van der Waals surface area (Å²) in [4.78, 5) is 53.2. The van der Waals surface area contributed by atoms with Crippen molar-refractivity contribution in [2.45, 2.75) is 36.7 Å². The van der Waals surface area contributed by atoms with Crippen LogP contribution in [0.5, 0.6) is 5.75 Å². The van der Waals surface area contributed by atoms with E-state index in [0.717, 1.165) is 96.9 Å². The number of ether oxygens (including phenoxy) is 2. The van der Waals surface area contributed by atoms with Gasteiger partial charge in [0.15, 0.2) is 0 Å². The molecule has 266 valence electrons. The van der Waals surface area contributed by atoms with Crippen LogP contribution in [0.4, 0.5) is 10.1 Å². The van der Waals surface area contributed by atoms with E-state index >= 15 is 0 Å². The standard InChI is InChI=1S/C36H44FN7O5S/c37-30-21-28(22-31-34(30)35(46)39-32(38-31)24-50-29-8-19-48-20-9-29)49-23-25-5-10-41(11-6-25)13-14-42-15-17-43(18-16-42)26-1-3-27(4-2-26)44-12-7-33(45)40-36(44)47/h1-4,7,12,21-22,25,29H,5-6,8-11,13-20,23-24H2,(H,38,39,46)(H,40,45,47). The Balaban J connectivity index is 0.833. The molecule has 0 atom stereocenters. The van der Waals surface area contributed by atoms with Gasteiger partial charge in [-0.2, -0.15) is 11.8 Å². The topological polar surface area (TPSA) is 129 Å². The molecule has 7 rings (SSSR count). The molecule has 2 N–H and O–H groups in total. The highest BCUT2D eigenvalue weighted by Crippen LogP contribution is 2.27. The molecule has 0 unspecified atom stereocenters. The van der Waals surface area contributed by atoms with Gasteiger partial charge in [-0.3, -0.25) is 24.0 Å². The number of H-pyrrole nitrogens is 2. The third kappa shape index (κ3) is 8.48. The van der Waals surface area contributed by atoms with E-state index in [0.29, 0.717) is 46.3 Å². The van der Waals surface area contributed by atoms with Crippen LogP contribution in [0, 0.1) is 11.7 Å². The SMILES string of the molecule is O=c1ccn(-c2ccc(N3CCN(CCN4CCC(COc5cc(F)c6c(=O)[nH]c(CSC7CCOCC7)nc6c5)CC4)CC3)cc2)c(=O)[nH]1. The maximum absolute atomic E-state index is 15.0. The molecular formula is C36H44FN7O5S. The average molecular weight is 706 g/mol. The fraction of sp³-hybridized carbons (Fsp3) is 0.500. The van der Waals surface area contributed by atoms with Gasteiger partial charge in [-0.1, -0.05) is 0 Å². The number of aromatic amines is 2. The van der Waals surface area contributed by atoms with Crippen LogP contribution < -0.4 is 26.4 Å². The molecule has 3 fully saturated rings. The number of nitrogens with one attached hydrogen (secondary N) is 2. The van der Waals surface area contributed by atoms with E-state index in [1.807, 2.05) is 24.3 Å². The van der Waals surface area contributed by atoms with Crippen LogP contribution in [0.25, 0.3) is 16.6 Å². The van der Waals surface area contributed by atoms with Crippen LogP contribution in [0.3, 0.4) is 0 Å². The van der Waals surface area contributed by atoms with Gasteiger partial charge in [0.25, 0.3) is 11.1 Å². The minimum absolute atomic E-state index is 0.0243. The monoisotopic (exact) mass is 705 g/mol. The first-order chi connectivity index (χ1) is 24.4. The predicted molar refractivity (Wildman–Crippen MR) is 193 cm³/mol. The number of anilines is 1. The van der Waals surface area contributed by atoms with Crippen molar-refractivity contribution in [3.05, 3.63) is 91.5 Å². The first-order valence-corrected chi connectivity index (χ1v) is 18.6. The highest BCUT2D eigenvalue weighted by molar-refractivity contribution is 7.99. The molecule has 3 saturated heterocycles. The van der Waals surface area contributed by atoms with Crippen molar-refractivity contribution < 1.29 is 13.9 Å². The van der Waals surface area contributed by atoms with E-state index in [4.69, 9.17) is 9.47 Å². The fourth-order valence-electron chi connectivity index (χ4n) is 6.99. The molecule has 0 spiro atoms. The Morgan fingerprint density at radius 1 is 0.860 bits per heavy atom. The first kappa shape index (κ1) is 34.5. The summed E-state index contributed by atoms with van der Waals surface area (Å²) in [6.07, 6.45) is 5.51. The molecule has 2 aromatic heterocycles. The van der Waals surface area contributed by atoms with E-state index in [-0.39, 0.29) is 5.39 Å². The van der Waals surface area contributed by atoms with Crippen molar-refractivity contribution in [3.8, 4) is 11.4 Å². The first-order valence-electron chi connectivity index (χ1n) is 17.5. The largest absolute Gasteiger partial charge is 0.493 e. The van der Waals surface area contributed by atoms with E-state index in [2.05, 4.69) is 29.7 Å². The summed E-state index contributed by atoms with van der Waals surface area (Å²) in [5.41, 5.74) is 0.862. The van der Waals surface area contributed by atoms with Crippen molar-refractivity contribution in [1.82, 2.24) is 29.3 Å². The van der Waals surface area contributed by atoms with Crippen molar-refractivity contribution in [3.63, 3.8) is 0 Å². The van der Waals surface area contributed by atoms with Crippen LogP contribution in [-0.2, 0) is 10.5 Å². The summed E-state index contributed by atoms with van der Waals surface area (Å²) >= 11 is 1.75. The van der Waals surface area contributed by atoms with E-state index in [9.17, 15) is 18.8 Å². The van der Waals surface area contributed by atoms with Gasteiger partial charge in [0.1, 0.15) is 22.8 Å². The predicted octanol–water partition coefficient (Wildman–Crippen LogP) is 3.23. The summed E-state index contributed by atoms with van der Waals surface area (Å²) in [5, 5.41) is 0.450. The number of likely N-dealkylation sites (tertiary alicyclic amines) is 1. The maximum atomic E-state index is 15.0. The Morgan fingerprint density at radius 3 is 2.28 bits per heavy atom. The number of thioether (sulfide) groups is 1. The van der Waals surface area contributed by atoms with Crippen molar-refractivity contribution in [1.29, 1.82) is 0 Å². The van der Waals surface area contributed by atoms with Gasteiger partial charge in [-0.25, -0.2) is 14.2 Å². The second-order valence-electron chi connectivity index (χ2n) is 13.4. The number of piperidine rings is 1. The third-order valence-corrected chi connectivity index (χ3v) is 11.4. The second-order valence-corrected chi connectivity index (χ2v) is 14.6. The lowest BCUT2D eigenvalue weighted by molar-refractivity contribution is 0.1000. The molecule has 2 aromatic carbocycles. The minimum Gasteiger partial charge on any atom is -0.493 e. The Hall–Kier alpha value is -3.98. The highest BCUT2D eigenvalue weighted by atomic mass is 32.2. The Labute approximate surface area is 293 Å². The number of nitrogens with zero attached hydrogens (tertiary/aromatic N) is 5. The van der Waals surface area contributed by atoms with Gasteiger partial charge in [-0.15, -0.1) is 0 Å². The van der Waals surface area contributed by atoms with Crippen LogP contribution in [0.15, 0.2) is 63.0 Å². The van der Waals surface area contributed by atoms with Crippen LogP contribution in [0.1, 0.15) is 31.5 Å². The molecule has 0 saturated carbocycles. The molecule has 50 heavy (non-hydrogen) atoms. The maximum Gasteiger partial charge on any atom is 0.332 e. The highest BCUT2D eigenvalue weighted by Gasteiger charge is 2.23. The zero-order chi connectivity index (χ0) is 34.5. The zero-order valence-corrected chi connectivity index (χ0v) is 29.0. The molecule has 0 radical (unpaired) electrons. The van der Waals surface area contributed by atoms with Crippen molar-refractivity contribution >= 4 is 28.4 Å². The molecule has 0 amide bonds. The fourth-order valence-corrected chi connectivity index (χ4v) is 8.04. The van der Waals surface area contributed by atoms with Gasteiger partial charge in [0.05, 0.1) is 23.6 Å². The third-order valence-electron chi connectivity index (χ3n) is 10.0. The van der Waals surface area contributed by atoms with Gasteiger partial charge >= 0.3 is 5.69 Å². The summed E-state index contributed by atoms with van der Waals surface area (Å²) in [7, 11) is 0. The lowest BCUT2D eigenvalue weighted by Crippen LogP contribution is -2.49. The molecule has 0 aliphatic carbocycles. The van der Waals surface area contributed by atoms with Crippen LogP contribution >= 0.6 is 11.8 Å². The van der Waals surface area contributed by atoms with Gasteiger partial charge < -0.3 is 24.3 Å². The van der Waals surface area contributed by atoms with E-state index in [1.54, 1.807) is 17.8 Å². The Bertz CT molecular complexity index is 1930. The second kappa shape index (κ2) is 15.9. The summed E-state index contributed by atoms with van der Waals surface area (Å²) in [6.45, 7) is 9.97. The van der Waals surface area contributed by atoms with Crippen LogP contribution in [0.2, 0.25) is 0 Å². The van der Waals surface area contributed by atoms with Gasteiger partial charge in [0, 0.05) is 87.8 Å². The van der Waals surface area contributed by atoms with E-state index in [1.165, 1.54) is 22.9 Å². The minimum atomic E-state index is -0.607. The molecular weight excluding hydrogens is 662 g/mol. The summed E-state index contributed by atoms with van der Waals surface area (Å²) in [6, 6.07) is 12.2. The Morgan fingerprint density at radius 2 is 1.56 bits per heavy atom. The van der Waals surface area contributed by atoms with E-state index < -0.39 is 22.6 Å². The molecule has 3 aliphatic rings. The molecule has 0 bridgehead atoms. The number of rotatable bonds is 11. The number of halogens is 1. The number of aromatic nitrogens is 4. The number of piperazine rings is 1. The molecule has 4 aromatic rings. The van der Waals surface area contributed by atoms with Crippen molar-refractivity contribution in [2.75, 3.05) is 77.1 Å². The lowest BCUT2D eigenvalue weighted by atomic mass is 9.98. The number of hydrogen-bond donors (Lipinski definition) is 2.